The quantitative estimate of drug-likeness (QED) is 0.846. The summed E-state index contributed by atoms with van der Waals surface area (Å²) in [5.74, 6) is 1.60. The van der Waals surface area contributed by atoms with Crippen LogP contribution in [0, 0.1) is 0 Å². The standard InChI is InChI=1S/C17H27NO3/c1-13(18-12-17(19)9-5-4-6-10-17)15-8-7-14(20-2)11-16(15)21-3/h7-8,11,13,18-19H,4-6,9-10,12H2,1-3H3. The van der Waals surface area contributed by atoms with Gasteiger partial charge in [0.2, 0.25) is 0 Å². The Kier molecular flexibility index (Phi) is 5.48. The van der Waals surface area contributed by atoms with Crippen LogP contribution in [0.4, 0.5) is 0 Å². The summed E-state index contributed by atoms with van der Waals surface area (Å²) in [6, 6.07) is 5.96. The van der Waals surface area contributed by atoms with Crippen LogP contribution in [0.15, 0.2) is 18.2 Å². The highest BCUT2D eigenvalue weighted by Gasteiger charge is 2.29. The molecule has 0 heterocycles. The first-order chi connectivity index (χ1) is 10.1. The van der Waals surface area contributed by atoms with Gasteiger partial charge in [-0.25, -0.2) is 0 Å². The van der Waals surface area contributed by atoms with Crippen LogP contribution in [-0.2, 0) is 0 Å². The van der Waals surface area contributed by atoms with Crippen molar-refractivity contribution in [2.75, 3.05) is 20.8 Å². The van der Waals surface area contributed by atoms with Gasteiger partial charge in [0.25, 0.3) is 0 Å². The molecule has 21 heavy (non-hydrogen) atoms. The van der Waals surface area contributed by atoms with Crippen LogP contribution in [0.2, 0.25) is 0 Å². The van der Waals surface area contributed by atoms with Crippen molar-refractivity contribution in [2.24, 2.45) is 0 Å². The zero-order chi connectivity index (χ0) is 15.3. The molecule has 4 nitrogen and oxygen atoms in total. The zero-order valence-electron chi connectivity index (χ0n) is 13.3. The van der Waals surface area contributed by atoms with Crippen molar-refractivity contribution in [3.8, 4) is 11.5 Å². The molecule has 1 unspecified atom stereocenters. The van der Waals surface area contributed by atoms with Gasteiger partial charge in [0, 0.05) is 24.2 Å². The van der Waals surface area contributed by atoms with Crippen molar-refractivity contribution in [3.63, 3.8) is 0 Å². The number of aliphatic hydroxyl groups is 1. The summed E-state index contributed by atoms with van der Waals surface area (Å²) in [4.78, 5) is 0. The van der Waals surface area contributed by atoms with Gasteiger partial charge >= 0.3 is 0 Å². The van der Waals surface area contributed by atoms with Crippen LogP contribution >= 0.6 is 0 Å². The highest BCUT2D eigenvalue weighted by atomic mass is 16.5. The molecule has 0 radical (unpaired) electrons. The lowest BCUT2D eigenvalue weighted by Gasteiger charge is -2.33. The molecular weight excluding hydrogens is 266 g/mol. The van der Waals surface area contributed by atoms with Crippen molar-refractivity contribution < 1.29 is 14.6 Å². The van der Waals surface area contributed by atoms with E-state index in [1.807, 2.05) is 18.2 Å². The summed E-state index contributed by atoms with van der Waals surface area (Å²) in [7, 11) is 3.31. The van der Waals surface area contributed by atoms with Gasteiger partial charge in [0.05, 0.1) is 19.8 Å². The molecule has 0 aliphatic heterocycles. The first-order valence-corrected chi connectivity index (χ1v) is 7.76. The molecule has 0 saturated heterocycles. The van der Waals surface area contributed by atoms with E-state index in [4.69, 9.17) is 9.47 Å². The van der Waals surface area contributed by atoms with E-state index in [9.17, 15) is 5.11 Å². The van der Waals surface area contributed by atoms with E-state index in [1.165, 1.54) is 6.42 Å². The topological polar surface area (TPSA) is 50.7 Å². The highest BCUT2D eigenvalue weighted by Crippen LogP contribution is 2.31. The van der Waals surface area contributed by atoms with Crippen LogP contribution in [-0.4, -0.2) is 31.5 Å². The second kappa shape index (κ2) is 7.14. The van der Waals surface area contributed by atoms with Gasteiger partial charge < -0.3 is 19.9 Å². The van der Waals surface area contributed by atoms with Gasteiger partial charge in [-0.3, -0.25) is 0 Å². The maximum absolute atomic E-state index is 10.6. The molecule has 1 aliphatic rings. The summed E-state index contributed by atoms with van der Waals surface area (Å²) in [6.45, 7) is 2.72. The average molecular weight is 293 g/mol. The van der Waals surface area contributed by atoms with E-state index in [2.05, 4.69) is 12.2 Å². The molecule has 0 amide bonds. The molecule has 1 atom stereocenters. The maximum atomic E-state index is 10.6. The molecule has 1 aromatic carbocycles. The Morgan fingerprint density at radius 1 is 1.19 bits per heavy atom. The third kappa shape index (κ3) is 4.11. The lowest BCUT2D eigenvalue weighted by molar-refractivity contribution is 0.00295. The third-order valence-corrected chi connectivity index (χ3v) is 4.43. The van der Waals surface area contributed by atoms with Crippen LogP contribution in [0.3, 0.4) is 0 Å². The van der Waals surface area contributed by atoms with Crippen molar-refractivity contribution in [1.82, 2.24) is 5.32 Å². The molecule has 0 aromatic heterocycles. The highest BCUT2D eigenvalue weighted by molar-refractivity contribution is 5.42. The number of benzene rings is 1. The molecule has 1 aliphatic carbocycles. The fourth-order valence-corrected chi connectivity index (χ4v) is 3.02. The Bertz CT molecular complexity index is 455. The largest absolute Gasteiger partial charge is 0.497 e. The number of hydrogen-bond acceptors (Lipinski definition) is 4. The lowest BCUT2D eigenvalue weighted by Crippen LogP contribution is -2.42. The van der Waals surface area contributed by atoms with E-state index in [1.54, 1.807) is 14.2 Å². The Morgan fingerprint density at radius 3 is 2.52 bits per heavy atom. The average Bonchev–Trinajstić information content (AvgIpc) is 2.52. The summed E-state index contributed by atoms with van der Waals surface area (Å²) in [5.41, 5.74) is 0.532. The number of methoxy groups -OCH3 is 2. The Hall–Kier alpha value is -1.26. The Morgan fingerprint density at radius 2 is 1.90 bits per heavy atom. The molecular formula is C17H27NO3. The van der Waals surface area contributed by atoms with Crippen LogP contribution in [0.25, 0.3) is 0 Å². The molecule has 1 aromatic rings. The van der Waals surface area contributed by atoms with Crippen molar-refractivity contribution in [2.45, 2.75) is 50.7 Å². The van der Waals surface area contributed by atoms with Gasteiger partial charge in [-0.1, -0.05) is 25.3 Å². The van der Waals surface area contributed by atoms with Gasteiger partial charge in [0.15, 0.2) is 0 Å². The maximum Gasteiger partial charge on any atom is 0.127 e. The molecule has 4 heteroatoms. The van der Waals surface area contributed by atoms with Crippen molar-refractivity contribution in [1.29, 1.82) is 0 Å². The summed E-state index contributed by atoms with van der Waals surface area (Å²) in [5, 5.41) is 14.0. The second-order valence-electron chi connectivity index (χ2n) is 6.00. The lowest BCUT2D eigenvalue weighted by atomic mass is 9.84. The van der Waals surface area contributed by atoms with Gasteiger partial charge in [-0.2, -0.15) is 0 Å². The minimum Gasteiger partial charge on any atom is -0.497 e. The number of rotatable bonds is 6. The van der Waals surface area contributed by atoms with Crippen molar-refractivity contribution >= 4 is 0 Å². The minimum atomic E-state index is -0.549. The third-order valence-electron chi connectivity index (χ3n) is 4.43. The van der Waals surface area contributed by atoms with Gasteiger partial charge in [-0.05, 0) is 25.8 Å². The molecule has 1 fully saturated rings. The van der Waals surface area contributed by atoms with Crippen LogP contribution in [0.1, 0.15) is 50.6 Å². The van der Waals surface area contributed by atoms with E-state index < -0.39 is 5.60 Å². The fraction of sp³-hybridized carbons (Fsp3) is 0.647. The molecule has 118 valence electrons. The number of ether oxygens (including phenoxy) is 2. The Labute approximate surface area is 127 Å². The monoisotopic (exact) mass is 293 g/mol. The summed E-state index contributed by atoms with van der Waals surface area (Å²) >= 11 is 0. The molecule has 0 spiro atoms. The zero-order valence-corrected chi connectivity index (χ0v) is 13.3. The molecule has 1 saturated carbocycles. The normalized spacial score (nSPS) is 19.0. The van der Waals surface area contributed by atoms with Crippen molar-refractivity contribution in [3.05, 3.63) is 23.8 Å². The van der Waals surface area contributed by atoms with Gasteiger partial charge in [-0.15, -0.1) is 0 Å². The minimum absolute atomic E-state index is 0.122. The molecule has 0 bridgehead atoms. The van der Waals surface area contributed by atoms with E-state index in [0.717, 1.165) is 42.7 Å². The number of nitrogens with one attached hydrogen (secondary N) is 1. The Balaban J connectivity index is 2.01. The van der Waals surface area contributed by atoms with E-state index in [-0.39, 0.29) is 6.04 Å². The summed E-state index contributed by atoms with van der Waals surface area (Å²) < 4.78 is 10.7. The number of hydrogen-bond donors (Lipinski definition) is 2. The predicted molar refractivity (Wildman–Crippen MR) is 84.0 cm³/mol. The van der Waals surface area contributed by atoms with Crippen LogP contribution < -0.4 is 14.8 Å². The first-order valence-electron chi connectivity index (χ1n) is 7.76. The second-order valence-corrected chi connectivity index (χ2v) is 6.00. The molecule has 2 N–H and O–H groups in total. The predicted octanol–water partition coefficient (Wildman–Crippen LogP) is 3.05. The molecule has 2 rings (SSSR count). The SMILES string of the molecule is COc1ccc(C(C)NCC2(O)CCCCC2)c(OC)c1. The first kappa shape index (κ1) is 16.1. The van der Waals surface area contributed by atoms with E-state index in [0.29, 0.717) is 6.54 Å². The van der Waals surface area contributed by atoms with Crippen LogP contribution in [0.5, 0.6) is 11.5 Å². The fourth-order valence-electron chi connectivity index (χ4n) is 3.02. The van der Waals surface area contributed by atoms with E-state index >= 15 is 0 Å². The summed E-state index contributed by atoms with van der Waals surface area (Å²) in [6.07, 6.45) is 5.28. The van der Waals surface area contributed by atoms with Gasteiger partial charge in [0.1, 0.15) is 11.5 Å². The smallest absolute Gasteiger partial charge is 0.127 e.